The normalized spacial score (nSPS) is 12.5. The Hall–Kier alpha value is -2.24. The Labute approximate surface area is 106 Å². The van der Waals surface area contributed by atoms with E-state index in [1.54, 1.807) is 0 Å². The Morgan fingerprint density at radius 3 is 1.53 bits per heavy atom. The first-order valence-electron chi connectivity index (χ1n) is 4.72. The number of rotatable bonds is 7. The van der Waals surface area contributed by atoms with Crippen LogP contribution >= 0.6 is 0 Å². The predicted molar refractivity (Wildman–Crippen MR) is 58.0 cm³/mol. The number of carboxylic acids is 3. The summed E-state index contributed by atoms with van der Waals surface area (Å²) in [5.74, 6) is -4.60. The van der Waals surface area contributed by atoms with E-state index < -0.39 is 48.7 Å². The number of amides is 1. The first kappa shape index (κ1) is 19.1. The molecule has 9 N–H and O–H groups in total. The number of primary amides is 1. The molecule has 110 valence electrons. The van der Waals surface area contributed by atoms with E-state index in [0.29, 0.717) is 0 Å². The summed E-state index contributed by atoms with van der Waals surface area (Å²) in [5.41, 5.74) is 11.0. The molecule has 0 aliphatic heterocycles. The molecule has 0 aromatic heterocycles. The predicted octanol–water partition coefficient (Wildman–Crippen LogP) is -2.83. The van der Waals surface area contributed by atoms with E-state index in [4.69, 9.17) is 26.3 Å². The van der Waals surface area contributed by atoms with Crippen molar-refractivity contribution in [2.24, 2.45) is 11.5 Å². The van der Waals surface area contributed by atoms with Crippen molar-refractivity contribution < 1.29 is 39.7 Å². The van der Waals surface area contributed by atoms with Gasteiger partial charge in [-0.1, -0.05) is 0 Å². The van der Waals surface area contributed by atoms with Crippen molar-refractivity contribution in [3.8, 4) is 0 Å². The summed E-state index contributed by atoms with van der Waals surface area (Å²) < 4.78 is 0. The minimum absolute atomic E-state index is 0.522. The van der Waals surface area contributed by atoms with Crippen molar-refractivity contribution in [1.82, 2.24) is 5.48 Å². The molecule has 0 bridgehead atoms. The molecule has 0 spiro atoms. The van der Waals surface area contributed by atoms with Gasteiger partial charge in [-0.3, -0.25) is 19.2 Å². The Kier molecular flexibility index (Phi) is 9.81. The van der Waals surface area contributed by atoms with Gasteiger partial charge in [0.15, 0.2) is 0 Å². The minimum Gasteiger partial charge on any atom is -0.481 e. The summed E-state index contributed by atoms with van der Waals surface area (Å²) in [5, 5.41) is 32.3. The fourth-order valence-corrected chi connectivity index (χ4v) is 0.660. The highest BCUT2D eigenvalue weighted by molar-refractivity contribution is 5.84. The maximum Gasteiger partial charge on any atom is 0.321 e. The SMILES string of the molecule is NC(=O)[C@H](CC(=O)O)NO.N[C@@H](CC(=O)O)C(=O)O. The lowest BCUT2D eigenvalue weighted by atomic mass is 10.2. The lowest BCUT2D eigenvalue weighted by Crippen LogP contribution is -2.40. The fraction of sp³-hybridized carbons (Fsp3) is 0.500. The van der Waals surface area contributed by atoms with Crippen LogP contribution < -0.4 is 16.9 Å². The highest BCUT2D eigenvalue weighted by atomic mass is 16.5. The van der Waals surface area contributed by atoms with Crippen LogP contribution in [-0.4, -0.2) is 56.4 Å². The quantitative estimate of drug-likeness (QED) is 0.237. The van der Waals surface area contributed by atoms with Crippen LogP contribution in [0.3, 0.4) is 0 Å². The van der Waals surface area contributed by atoms with Crippen LogP contribution in [0.4, 0.5) is 0 Å². The Bertz CT molecular complexity index is 345. The lowest BCUT2D eigenvalue weighted by Gasteiger charge is -2.05. The zero-order valence-corrected chi connectivity index (χ0v) is 9.65. The van der Waals surface area contributed by atoms with Crippen molar-refractivity contribution in [3.05, 3.63) is 0 Å². The largest absolute Gasteiger partial charge is 0.481 e. The third-order valence-corrected chi connectivity index (χ3v) is 1.59. The molecule has 11 heteroatoms. The Morgan fingerprint density at radius 1 is 1.00 bits per heavy atom. The molecule has 0 rings (SSSR count). The number of hydrogen-bond acceptors (Lipinski definition) is 7. The van der Waals surface area contributed by atoms with Crippen LogP contribution in [0.2, 0.25) is 0 Å². The maximum absolute atomic E-state index is 10.2. The summed E-state index contributed by atoms with van der Waals surface area (Å²) in [7, 11) is 0. The van der Waals surface area contributed by atoms with Crippen LogP contribution in [0.1, 0.15) is 12.8 Å². The number of hydroxylamine groups is 1. The van der Waals surface area contributed by atoms with Gasteiger partial charge in [-0.15, -0.1) is 0 Å². The maximum atomic E-state index is 10.2. The number of carboxylic acid groups (broad SMARTS) is 3. The second kappa shape index (κ2) is 9.76. The van der Waals surface area contributed by atoms with Gasteiger partial charge in [0, 0.05) is 0 Å². The van der Waals surface area contributed by atoms with E-state index in [2.05, 4.69) is 5.73 Å². The van der Waals surface area contributed by atoms with Gasteiger partial charge in [0.05, 0.1) is 12.8 Å². The molecule has 0 aromatic carbocycles. The number of hydrogen-bond donors (Lipinski definition) is 7. The summed E-state index contributed by atoms with van der Waals surface area (Å²) >= 11 is 0. The number of aliphatic carboxylic acids is 3. The molecule has 0 saturated heterocycles. The van der Waals surface area contributed by atoms with Gasteiger partial charge >= 0.3 is 17.9 Å². The first-order valence-corrected chi connectivity index (χ1v) is 4.72. The van der Waals surface area contributed by atoms with Gasteiger partial charge in [0.25, 0.3) is 0 Å². The molecule has 1 amide bonds. The van der Waals surface area contributed by atoms with Gasteiger partial charge in [0.1, 0.15) is 12.1 Å². The average Bonchev–Trinajstić information content (AvgIpc) is 2.25. The molecule has 0 saturated carbocycles. The zero-order chi connectivity index (χ0) is 15.6. The number of nitrogens with one attached hydrogen (secondary N) is 1. The molecular formula is C8H15N3O8. The second-order valence-electron chi connectivity index (χ2n) is 3.22. The van der Waals surface area contributed by atoms with Crippen molar-refractivity contribution in [3.63, 3.8) is 0 Å². The number of nitrogens with two attached hydrogens (primary N) is 2. The van der Waals surface area contributed by atoms with Crippen LogP contribution in [0.5, 0.6) is 0 Å². The highest BCUT2D eigenvalue weighted by Gasteiger charge is 2.17. The third-order valence-electron chi connectivity index (χ3n) is 1.59. The fourth-order valence-electron chi connectivity index (χ4n) is 0.660. The van der Waals surface area contributed by atoms with Crippen molar-refractivity contribution in [2.75, 3.05) is 0 Å². The molecule has 0 radical (unpaired) electrons. The molecule has 0 unspecified atom stereocenters. The molecule has 0 aliphatic rings. The molecule has 0 aromatic rings. The molecule has 19 heavy (non-hydrogen) atoms. The van der Waals surface area contributed by atoms with Crippen molar-refractivity contribution >= 4 is 23.8 Å². The van der Waals surface area contributed by atoms with Crippen molar-refractivity contribution in [1.29, 1.82) is 0 Å². The van der Waals surface area contributed by atoms with E-state index in [1.165, 1.54) is 5.48 Å². The summed E-state index contributed by atoms with van der Waals surface area (Å²) in [6.07, 6.45) is -1.05. The van der Waals surface area contributed by atoms with Crippen LogP contribution in [-0.2, 0) is 19.2 Å². The topological polar surface area (TPSA) is 213 Å². The van der Waals surface area contributed by atoms with Crippen LogP contribution in [0.15, 0.2) is 0 Å². The second-order valence-corrected chi connectivity index (χ2v) is 3.22. The van der Waals surface area contributed by atoms with E-state index in [9.17, 15) is 19.2 Å². The first-order chi connectivity index (χ1) is 8.61. The Balaban J connectivity index is 0. The highest BCUT2D eigenvalue weighted by Crippen LogP contribution is 1.88. The molecule has 0 aliphatic carbocycles. The molecule has 2 atom stereocenters. The number of carbonyl (C=O) groups is 4. The number of carbonyl (C=O) groups excluding carboxylic acids is 1. The average molecular weight is 281 g/mol. The monoisotopic (exact) mass is 281 g/mol. The van der Waals surface area contributed by atoms with Crippen molar-refractivity contribution in [2.45, 2.75) is 24.9 Å². The molecular weight excluding hydrogens is 266 g/mol. The minimum atomic E-state index is -1.29. The van der Waals surface area contributed by atoms with Gasteiger partial charge in [-0.05, 0) is 0 Å². The zero-order valence-electron chi connectivity index (χ0n) is 9.65. The molecule has 0 fully saturated rings. The molecule has 0 heterocycles. The van der Waals surface area contributed by atoms with E-state index in [0.717, 1.165) is 0 Å². The van der Waals surface area contributed by atoms with Gasteiger partial charge in [-0.25, -0.2) is 0 Å². The van der Waals surface area contributed by atoms with E-state index >= 15 is 0 Å². The lowest BCUT2D eigenvalue weighted by molar-refractivity contribution is -0.144. The van der Waals surface area contributed by atoms with Gasteiger partial charge in [-0.2, -0.15) is 5.48 Å². The summed E-state index contributed by atoms with van der Waals surface area (Å²) in [6.45, 7) is 0. The van der Waals surface area contributed by atoms with Crippen LogP contribution in [0.25, 0.3) is 0 Å². The van der Waals surface area contributed by atoms with E-state index in [-0.39, 0.29) is 0 Å². The summed E-state index contributed by atoms with van der Waals surface area (Å²) in [4.78, 5) is 39.7. The summed E-state index contributed by atoms with van der Waals surface area (Å²) in [6, 6.07) is -2.50. The van der Waals surface area contributed by atoms with E-state index in [1.807, 2.05) is 0 Å². The van der Waals surface area contributed by atoms with Crippen LogP contribution in [0, 0.1) is 0 Å². The van der Waals surface area contributed by atoms with Gasteiger partial charge in [0.2, 0.25) is 5.91 Å². The Morgan fingerprint density at radius 2 is 1.42 bits per heavy atom. The smallest absolute Gasteiger partial charge is 0.321 e. The molecule has 11 nitrogen and oxygen atoms in total. The standard InChI is InChI=1S/C4H8N2O4.C4H7NO4/c5-4(9)2(6-10)1-3(7)8;5-2(4(8)9)1-3(6)7/h2,6,10H,1H2,(H2,5,9)(H,7,8);2H,1,5H2,(H,6,7)(H,8,9)/t2*2-/m00/s1. The van der Waals surface area contributed by atoms with Gasteiger partial charge < -0.3 is 32.0 Å². The third kappa shape index (κ3) is 12.0.